The van der Waals surface area contributed by atoms with Gasteiger partial charge in [-0.2, -0.15) is 5.26 Å². The highest BCUT2D eigenvalue weighted by molar-refractivity contribution is 6.14. The summed E-state index contributed by atoms with van der Waals surface area (Å²) in [6.45, 7) is 2.49. The number of rotatable bonds is 5. The van der Waals surface area contributed by atoms with Crippen molar-refractivity contribution in [3.63, 3.8) is 0 Å². The van der Waals surface area contributed by atoms with E-state index in [-0.39, 0.29) is 5.57 Å². The van der Waals surface area contributed by atoms with Gasteiger partial charge in [-0.25, -0.2) is 0 Å². The normalized spacial score (nSPS) is 11.3. The van der Waals surface area contributed by atoms with Crippen molar-refractivity contribution in [3.8, 4) is 11.8 Å². The van der Waals surface area contributed by atoms with Gasteiger partial charge in [0.15, 0.2) is 0 Å². The number of hydrogen-bond acceptors (Lipinski definition) is 3. The van der Waals surface area contributed by atoms with Crippen LogP contribution in [-0.4, -0.2) is 12.5 Å². The minimum Gasteiger partial charge on any atom is -0.494 e. The number of nitrogens with one attached hydrogen (secondary N) is 1. The predicted molar refractivity (Wildman–Crippen MR) is 121 cm³/mol. The van der Waals surface area contributed by atoms with Crippen molar-refractivity contribution in [2.75, 3.05) is 11.9 Å². The molecule has 30 heavy (non-hydrogen) atoms. The van der Waals surface area contributed by atoms with Crippen molar-refractivity contribution < 1.29 is 9.53 Å². The van der Waals surface area contributed by atoms with Gasteiger partial charge in [-0.3, -0.25) is 4.79 Å². The maximum atomic E-state index is 12.8. The molecule has 4 aromatic rings. The fourth-order valence-electron chi connectivity index (χ4n) is 3.50. The minimum absolute atomic E-state index is 0.0467. The van der Waals surface area contributed by atoms with Gasteiger partial charge in [0, 0.05) is 5.69 Å². The Hall–Kier alpha value is -4.10. The second-order valence-electron chi connectivity index (χ2n) is 6.81. The van der Waals surface area contributed by atoms with E-state index in [0.29, 0.717) is 12.3 Å². The van der Waals surface area contributed by atoms with E-state index in [2.05, 4.69) is 17.5 Å². The number of anilines is 1. The zero-order chi connectivity index (χ0) is 20.9. The topological polar surface area (TPSA) is 62.1 Å². The first-order valence-electron chi connectivity index (χ1n) is 9.76. The number of amides is 1. The monoisotopic (exact) mass is 392 g/mol. The summed E-state index contributed by atoms with van der Waals surface area (Å²) < 4.78 is 5.42. The largest absolute Gasteiger partial charge is 0.494 e. The lowest BCUT2D eigenvalue weighted by molar-refractivity contribution is -0.112. The number of nitrogens with zero attached hydrogens (tertiary/aromatic N) is 1. The Kier molecular flexibility index (Phi) is 5.45. The number of fused-ring (bicyclic) bond motifs is 2. The molecule has 0 aliphatic rings. The first-order chi connectivity index (χ1) is 14.7. The maximum Gasteiger partial charge on any atom is 0.266 e. The third-order valence-electron chi connectivity index (χ3n) is 4.89. The van der Waals surface area contributed by atoms with Crippen molar-refractivity contribution >= 4 is 39.2 Å². The number of nitriles is 1. The van der Waals surface area contributed by atoms with Crippen LogP contribution >= 0.6 is 0 Å². The first-order valence-corrected chi connectivity index (χ1v) is 9.76. The Morgan fingerprint density at radius 1 is 0.967 bits per heavy atom. The Labute approximate surface area is 175 Å². The lowest BCUT2D eigenvalue weighted by atomic mass is 9.95. The Bertz CT molecular complexity index is 1240. The molecule has 0 spiro atoms. The van der Waals surface area contributed by atoms with Gasteiger partial charge in [0.05, 0.1) is 6.61 Å². The Morgan fingerprint density at radius 2 is 1.57 bits per heavy atom. The maximum absolute atomic E-state index is 12.8. The zero-order valence-corrected chi connectivity index (χ0v) is 16.6. The molecule has 0 bridgehead atoms. The third-order valence-corrected chi connectivity index (χ3v) is 4.89. The quantitative estimate of drug-likeness (QED) is 0.260. The van der Waals surface area contributed by atoms with Crippen LogP contribution in [0.1, 0.15) is 12.5 Å². The van der Waals surface area contributed by atoms with Gasteiger partial charge in [-0.05, 0) is 70.4 Å². The smallest absolute Gasteiger partial charge is 0.266 e. The molecule has 0 saturated heterocycles. The Balaban J connectivity index is 1.74. The van der Waals surface area contributed by atoms with Crippen LogP contribution in [0.3, 0.4) is 0 Å². The van der Waals surface area contributed by atoms with E-state index in [9.17, 15) is 10.1 Å². The van der Waals surface area contributed by atoms with E-state index in [1.54, 1.807) is 30.3 Å². The van der Waals surface area contributed by atoms with Crippen LogP contribution in [0.25, 0.3) is 27.6 Å². The van der Waals surface area contributed by atoms with E-state index in [4.69, 9.17) is 4.74 Å². The molecule has 1 amide bonds. The van der Waals surface area contributed by atoms with Gasteiger partial charge in [-0.15, -0.1) is 0 Å². The van der Waals surface area contributed by atoms with Gasteiger partial charge in [-0.1, -0.05) is 48.5 Å². The fraction of sp³-hybridized carbons (Fsp3) is 0.0769. The average Bonchev–Trinajstić information content (AvgIpc) is 2.78. The van der Waals surface area contributed by atoms with Gasteiger partial charge in [0.1, 0.15) is 17.4 Å². The highest BCUT2D eigenvalue weighted by Crippen LogP contribution is 2.30. The standard InChI is InChI=1S/C26H20N2O2/c1-2-30-22-13-11-21(12-14-22)28-26(29)20(17-27)16-25-23-9-5-3-7-18(23)15-19-8-4-6-10-24(19)25/h3-16H,2H2,1H3,(H,28,29)/b20-16+. The van der Waals surface area contributed by atoms with Crippen molar-refractivity contribution in [3.05, 3.63) is 90.0 Å². The Morgan fingerprint density at radius 3 is 2.13 bits per heavy atom. The van der Waals surface area contributed by atoms with E-state index >= 15 is 0 Å². The summed E-state index contributed by atoms with van der Waals surface area (Å²) in [4.78, 5) is 12.8. The van der Waals surface area contributed by atoms with Gasteiger partial charge in [0.25, 0.3) is 5.91 Å². The van der Waals surface area contributed by atoms with Crippen molar-refractivity contribution in [1.29, 1.82) is 5.26 Å². The molecule has 4 aromatic carbocycles. The molecular formula is C26H20N2O2. The molecular weight excluding hydrogens is 372 g/mol. The van der Waals surface area contributed by atoms with Gasteiger partial charge < -0.3 is 10.1 Å². The van der Waals surface area contributed by atoms with Crippen molar-refractivity contribution in [2.45, 2.75) is 6.92 Å². The molecule has 0 aliphatic carbocycles. The summed E-state index contributed by atoms with van der Waals surface area (Å²) in [5.41, 5.74) is 1.51. The second-order valence-corrected chi connectivity index (χ2v) is 6.81. The van der Waals surface area contributed by atoms with Crippen LogP contribution in [0.15, 0.2) is 84.4 Å². The van der Waals surface area contributed by atoms with E-state index in [1.165, 1.54) is 0 Å². The molecule has 4 heteroatoms. The van der Waals surface area contributed by atoms with Crippen molar-refractivity contribution in [1.82, 2.24) is 0 Å². The molecule has 0 saturated carbocycles. The molecule has 0 atom stereocenters. The molecule has 0 radical (unpaired) electrons. The highest BCUT2D eigenvalue weighted by Gasteiger charge is 2.13. The molecule has 0 fully saturated rings. The highest BCUT2D eigenvalue weighted by atomic mass is 16.5. The molecule has 0 aliphatic heterocycles. The van der Waals surface area contributed by atoms with Crippen LogP contribution in [-0.2, 0) is 4.79 Å². The lowest BCUT2D eigenvalue weighted by Crippen LogP contribution is -2.13. The minimum atomic E-state index is -0.446. The summed E-state index contributed by atoms with van der Waals surface area (Å²) in [6, 6.07) is 27.2. The summed E-state index contributed by atoms with van der Waals surface area (Å²) >= 11 is 0. The number of hydrogen-bond donors (Lipinski definition) is 1. The number of ether oxygens (including phenoxy) is 1. The number of benzene rings is 4. The van der Waals surface area contributed by atoms with Crippen LogP contribution in [0.4, 0.5) is 5.69 Å². The summed E-state index contributed by atoms with van der Waals surface area (Å²) in [5, 5.41) is 16.6. The SMILES string of the molecule is CCOc1ccc(NC(=O)/C(C#N)=C/c2c3ccccc3cc3ccccc23)cc1. The molecule has 0 aromatic heterocycles. The molecule has 0 unspecified atom stereocenters. The molecule has 4 nitrogen and oxygen atoms in total. The van der Waals surface area contributed by atoms with E-state index < -0.39 is 5.91 Å². The third kappa shape index (κ3) is 3.87. The van der Waals surface area contributed by atoms with Crippen LogP contribution in [0.2, 0.25) is 0 Å². The summed E-state index contributed by atoms with van der Waals surface area (Å²) in [7, 11) is 0. The van der Waals surface area contributed by atoms with Crippen molar-refractivity contribution in [2.24, 2.45) is 0 Å². The van der Waals surface area contributed by atoms with E-state index in [0.717, 1.165) is 32.9 Å². The number of carbonyl (C=O) groups is 1. The first kappa shape index (κ1) is 19.2. The summed E-state index contributed by atoms with van der Waals surface area (Å²) in [5.74, 6) is 0.285. The van der Waals surface area contributed by atoms with Crippen LogP contribution < -0.4 is 10.1 Å². The van der Waals surface area contributed by atoms with Gasteiger partial charge in [0.2, 0.25) is 0 Å². The molecule has 0 heterocycles. The zero-order valence-electron chi connectivity index (χ0n) is 16.6. The summed E-state index contributed by atoms with van der Waals surface area (Å²) in [6.07, 6.45) is 1.68. The van der Waals surface area contributed by atoms with E-state index in [1.807, 2.05) is 55.5 Å². The number of carbonyl (C=O) groups excluding carboxylic acids is 1. The van der Waals surface area contributed by atoms with Gasteiger partial charge >= 0.3 is 0 Å². The molecule has 4 rings (SSSR count). The molecule has 1 N–H and O–H groups in total. The van der Waals surface area contributed by atoms with Crippen LogP contribution in [0.5, 0.6) is 5.75 Å². The lowest BCUT2D eigenvalue weighted by Gasteiger charge is -2.10. The predicted octanol–water partition coefficient (Wildman–Crippen LogP) is 5.94. The second kappa shape index (κ2) is 8.50. The van der Waals surface area contributed by atoms with Crippen LogP contribution in [0, 0.1) is 11.3 Å². The molecule has 146 valence electrons. The average molecular weight is 392 g/mol. The fourth-order valence-corrected chi connectivity index (χ4v) is 3.50.